The number of benzene rings is 2. The topological polar surface area (TPSA) is 105 Å². The number of anilines is 2. The first-order valence-corrected chi connectivity index (χ1v) is 13.2. The molecular formula is C30H34ClN5O3. The van der Waals surface area contributed by atoms with Gasteiger partial charge in [-0.25, -0.2) is 14.8 Å². The number of nitrogens with zero attached hydrogens (tertiary/aromatic N) is 2. The zero-order valence-corrected chi connectivity index (χ0v) is 23.6. The van der Waals surface area contributed by atoms with Crippen LogP contribution in [-0.4, -0.2) is 40.7 Å². The van der Waals surface area contributed by atoms with E-state index in [0.29, 0.717) is 41.0 Å². The molecule has 0 radical (unpaired) electrons. The fourth-order valence-electron chi connectivity index (χ4n) is 4.08. The molecule has 1 aliphatic carbocycles. The molecule has 4 rings (SSSR count). The van der Waals surface area contributed by atoms with Gasteiger partial charge < -0.3 is 15.4 Å². The SMILES string of the molecule is CC(C)(CNC(=O)c1ccc(NC(=O)OC(C)(C)C)cc1)CNc1ncc(Cl)c(C2=CCc3ccccc32)n1. The highest BCUT2D eigenvalue weighted by atomic mass is 35.5. The molecule has 8 nitrogen and oxygen atoms in total. The van der Waals surface area contributed by atoms with Crippen molar-refractivity contribution in [3.05, 3.63) is 88.2 Å². The quantitative estimate of drug-likeness (QED) is 0.304. The summed E-state index contributed by atoms with van der Waals surface area (Å²) in [5.41, 5.74) is 4.26. The molecule has 3 N–H and O–H groups in total. The van der Waals surface area contributed by atoms with E-state index >= 15 is 0 Å². The summed E-state index contributed by atoms with van der Waals surface area (Å²) in [6.07, 6.45) is 4.06. The zero-order valence-electron chi connectivity index (χ0n) is 22.9. The van der Waals surface area contributed by atoms with Crippen molar-refractivity contribution in [3.8, 4) is 0 Å². The van der Waals surface area contributed by atoms with Crippen LogP contribution in [0.4, 0.5) is 16.4 Å². The normalized spacial score (nSPS) is 12.8. The Morgan fingerprint density at radius 3 is 2.44 bits per heavy atom. The molecule has 0 saturated carbocycles. The number of fused-ring (bicyclic) bond motifs is 1. The number of allylic oxidation sites excluding steroid dienone is 1. The molecule has 0 aliphatic heterocycles. The molecule has 0 spiro atoms. The maximum Gasteiger partial charge on any atom is 0.412 e. The Kier molecular flexibility index (Phi) is 8.25. The van der Waals surface area contributed by atoms with Gasteiger partial charge in [0.1, 0.15) is 5.60 Å². The predicted molar refractivity (Wildman–Crippen MR) is 155 cm³/mol. The van der Waals surface area contributed by atoms with Crippen LogP contribution in [0.25, 0.3) is 5.57 Å². The van der Waals surface area contributed by atoms with Crippen molar-refractivity contribution in [1.29, 1.82) is 0 Å². The summed E-state index contributed by atoms with van der Waals surface area (Å²) >= 11 is 6.47. The summed E-state index contributed by atoms with van der Waals surface area (Å²) < 4.78 is 5.25. The van der Waals surface area contributed by atoms with Gasteiger partial charge in [-0.05, 0) is 68.0 Å². The van der Waals surface area contributed by atoms with Crippen molar-refractivity contribution in [2.24, 2.45) is 5.41 Å². The van der Waals surface area contributed by atoms with Crippen LogP contribution in [0, 0.1) is 5.41 Å². The summed E-state index contributed by atoms with van der Waals surface area (Å²) in [4.78, 5) is 33.7. The summed E-state index contributed by atoms with van der Waals surface area (Å²) in [6, 6.07) is 14.9. The van der Waals surface area contributed by atoms with E-state index in [4.69, 9.17) is 21.3 Å². The van der Waals surface area contributed by atoms with Gasteiger partial charge in [0.05, 0.1) is 16.9 Å². The third-order valence-electron chi connectivity index (χ3n) is 6.08. The van der Waals surface area contributed by atoms with Gasteiger partial charge in [0.25, 0.3) is 5.91 Å². The van der Waals surface area contributed by atoms with Crippen molar-refractivity contribution >= 4 is 40.8 Å². The van der Waals surface area contributed by atoms with Crippen LogP contribution in [0.15, 0.2) is 60.8 Å². The first-order chi connectivity index (χ1) is 18.4. The van der Waals surface area contributed by atoms with Gasteiger partial charge in [-0.15, -0.1) is 0 Å². The van der Waals surface area contributed by atoms with Crippen LogP contribution >= 0.6 is 11.6 Å². The van der Waals surface area contributed by atoms with Gasteiger partial charge in [-0.1, -0.05) is 55.8 Å². The van der Waals surface area contributed by atoms with E-state index in [2.05, 4.69) is 39.1 Å². The number of carbonyl (C=O) groups excluding carboxylic acids is 2. The third kappa shape index (κ3) is 7.57. The second-order valence-electron chi connectivity index (χ2n) is 11.3. The molecule has 1 aromatic heterocycles. The molecule has 0 fully saturated rings. The average Bonchev–Trinajstić information content (AvgIpc) is 3.30. The predicted octanol–water partition coefficient (Wildman–Crippen LogP) is 6.33. The van der Waals surface area contributed by atoms with Crippen molar-refractivity contribution in [2.75, 3.05) is 23.7 Å². The largest absolute Gasteiger partial charge is 0.444 e. The Morgan fingerprint density at radius 2 is 1.72 bits per heavy atom. The van der Waals surface area contributed by atoms with Gasteiger partial charge in [0.2, 0.25) is 5.95 Å². The Hall–Kier alpha value is -3.91. The molecule has 2 amide bonds. The van der Waals surface area contributed by atoms with Gasteiger partial charge in [0, 0.05) is 29.9 Å². The lowest BCUT2D eigenvalue weighted by Gasteiger charge is -2.25. The molecule has 204 valence electrons. The molecule has 2 aromatic carbocycles. The molecule has 1 heterocycles. The number of amides is 2. The van der Waals surface area contributed by atoms with Crippen LogP contribution in [0.3, 0.4) is 0 Å². The Labute approximate surface area is 234 Å². The fourth-order valence-corrected chi connectivity index (χ4v) is 4.27. The molecular weight excluding hydrogens is 514 g/mol. The van der Waals surface area contributed by atoms with E-state index in [1.165, 1.54) is 5.56 Å². The Balaban J connectivity index is 1.31. The number of hydrogen-bond donors (Lipinski definition) is 3. The molecule has 9 heteroatoms. The Bertz CT molecular complexity index is 1390. The highest BCUT2D eigenvalue weighted by Gasteiger charge is 2.22. The van der Waals surface area contributed by atoms with Gasteiger partial charge in [-0.3, -0.25) is 10.1 Å². The minimum Gasteiger partial charge on any atom is -0.444 e. The second kappa shape index (κ2) is 11.5. The molecule has 0 saturated heterocycles. The van der Waals surface area contributed by atoms with Crippen LogP contribution < -0.4 is 16.0 Å². The molecule has 1 aliphatic rings. The highest BCUT2D eigenvalue weighted by molar-refractivity contribution is 6.32. The first-order valence-electron chi connectivity index (χ1n) is 12.8. The maximum atomic E-state index is 12.7. The number of ether oxygens (including phenoxy) is 1. The van der Waals surface area contributed by atoms with E-state index in [1.54, 1.807) is 51.2 Å². The lowest BCUT2D eigenvalue weighted by Crippen LogP contribution is -2.38. The van der Waals surface area contributed by atoms with Crippen LogP contribution in [0.1, 0.15) is 61.8 Å². The number of nitrogens with one attached hydrogen (secondary N) is 3. The number of halogens is 1. The second-order valence-corrected chi connectivity index (χ2v) is 11.7. The fraction of sp³-hybridized carbons (Fsp3) is 0.333. The van der Waals surface area contributed by atoms with Gasteiger partial charge in [-0.2, -0.15) is 0 Å². The van der Waals surface area contributed by atoms with E-state index in [1.807, 2.05) is 26.0 Å². The monoisotopic (exact) mass is 547 g/mol. The van der Waals surface area contributed by atoms with E-state index < -0.39 is 11.7 Å². The molecule has 3 aromatic rings. The minimum absolute atomic E-state index is 0.205. The van der Waals surface area contributed by atoms with Gasteiger partial charge >= 0.3 is 6.09 Å². The summed E-state index contributed by atoms with van der Waals surface area (Å²) in [5.74, 6) is 0.274. The summed E-state index contributed by atoms with van der Waals surface area (Å²) in [7, 11) is 0. The first kappa shape index (κ1) is 28.1. The summed E-state index contributed by atoms with van der Waals surface area (Å²) in [5, 5.41) is 9.44. The smallest absolute Gasteiger partial charge is 0.412 e. The number of aromatic nitrogens is 2. The van der Waals surface area contributed by atoms with Crippen molar-refractivity contribution in [1.82, 2.24) is 15.3 Å². The van der Waals surface area contributed by atoms with Crippen molar-refractivity contribution in [3.63, 3.8) is 0 Å². The number of carbonyl (C=O) groups is 2. The van der Waals surface area contributed by atoms with E-state index in [0.717, 1.165) is 17.6 Å². The molecule has 0 unspecified atom stereocenters. The lowest BCUT2D eigenvalue weighted by atomic mass is 9.93. The number of rotatable bonds is 8. The summed E-state index contributed by atoms with van der Waals surface area (Å²) in [6.45, 7) is 10.4. The molecule has 0 atom stereocenters. The maximum absolute atomic E-state index is 12.7. The van der Waals surface area contributed by atoms with E-state index in [9.17, 15) is 9.59 Å². The van der Waals surface area contributed by atoms with Gasteiger partial charge in [0.15, 0.2) is 0 Å². The third-order valence-corrected chi connectivity index (χ3v) is 6.35. The van der Waals surface area contributed by atoms with Crippen LogP contribution in [0.2, 0.25) is 5.02 Å². The molecule has 0 bridgehead atoms. The zero-order chi connectivity index (χ0) is 28.2. The molecule has 39 heavy (non-hydrogen) atoms. The standard InChI is InChI=1S/C30H34ClN5O3/c1-29(2,3)39-28(38)35-21-13-10-20(11-14-21)26(37)33-17-30(4,5)18-34-27-32-16-24(31)25(36-27)23-15-12-19-8-6-7-9-22(19)23/h6-11,13-16H,12,17-18H2,1-5H3,(H,33,37)(H,35,38)(H,32,34,36). The Morgan fingerprint density at radius 1 is 1.00 bits per heavy atom. The van der Waals surface area contributed by atoms with Crippen LogP contribution in [0.5, 0.6) is 0 Å². The minimum atomic E-state index is -0.590. The van der Waals surface area contributed by atoms with Crippen LogP contribution in [-0.2, 0) is 11.2 Å². The average molecular weight is 548 g/mol. The highest BCUT2D eigenvalue weighted by Crippen LogP contribution is 2.35. The van der Waals surface area contributed by atoms with Crippen molar-refractivity contribution < 1.29 is 14.3 Å². The number of hydrogen-bond acceptors (Lipinski definition) is 6. The lowest BCUT2D eigenvalue weighted by molar-refractivity contribution is 0.0635. The van der Waals surface area contributed by atoms with Crippen molar-refractivity contribution in [2.45, 2.75) is 46.6 Å². The van der Waals surface area contributed by atoms with E-state index in [-0.39, 0.29) is 11.3 Å².